The summed E-state index contributed by atoms with van der Waals surface area (Å²) in [6.45, 7) is 5.14. The van der Waals surface area contributed by atoms with Crippen molar-refractivity contribution in [2.75, 3.05) is 26.4 Å². The van der Waals surface area contributed by atoms with Crippen LogP contribution in [0.1, 0.15) is 190 Å². The van der Waals surface area contributed by atoms with Gasteiger partial charge in [0.2, 0.25) is 0 Å². The summed E-state index contributed by atoms with van der Waals surface area (Å²) in [6, 6.07) is 90.7. The second kappa shape index (κ2) is 41.3. The standard InChI is InChI=1S/C106H86N2O10/c1-75(84-33-14-11-15-34-84)107-101(108-76(2)85-35-16-12-17-36-85)100-97-66-65-90(98(100)89-37-18-13-19-38-89)64-57-83-32-27-42-94(74-83)106(114)118-70-23-10-6-5-9-22-68-116-104(112)92-40-25-30-81(72-92)49-46-78-53-60-87(61-54-78)96-44-28-43-95(99(96)102(109)110)86-58-51-77(52-59-86)45-48-80-29-24-39-91(71-80)103(111)115-67-20-7-3-4-8-21-69-117-105(113)93-41-26-31-82(73-93)50-47-79-55-62-88(97)63-56-79/h3-6,11-19,24-44,51-56,58-63,65-66,71-76H,7-10,20-23,67-70H2,1-2H3,(H,107,108)(H,109,110)/p-1/b4-3-,6-5-/t75-,76-/m1/s1. The lowest BCUT2D eigenvalue weighted by Crippen LogP contribution is -2.29. The highest BCUT2D eigenvalue weighted by atomic mass is 16.5. The van der Waals surface area contributed by atoms with Crippen LogP contribution in [-0.4, -0.2) is 62.1 Å². The zero-order chi connectivity index (χ0) is 81.6. The molecule has 0 amide bonds. The Hall–Kier alpha value is -14.8. The summed E-state index contributed by atoms with van der Waals surface area (Å²) in [5, 5.41) is 16.8. The summed E-state index contributed by atoms with van der Waals surface area (Å²) < 4.78 is 22.8. The third-order valence-electron chi connectivity index (χ3n) is 19.7. The molecule has 0 unspecified atom stereocenters. The predicted molar refractivity (Wildman–Crippen MR) is 464 cm³/mol. The second-order valence-corrected chi connectivity index (χ2v) is 28.2. The van der Waals surface area contributed by atoms with Crippen LogP contribution >= 0.6 is 0 Å². The molecule has 8 aliphatic heterocycles. The first-order valence-electron chi connectivity index (χ1n) is 39.6. The Morgan fingerprint density at radius 2 is 0.653 bits per heavy atom. The minimum Gasteiger partial charge on any atom is -0.545 e. The molecule has 0 spiro atoms. The van der Waals surface area contributed by atoms with E-state index < -0.39 is 29.8 Å². The van der Waals surface area contributed by atoms with Gasteiger partial charge in [0.1, 0.15) is 5.84 Å². The van der Waals surface area contributed by atoms with Crippen molar-refractivity contribution >= 4 is 35.7 Å². The van der Waals surface area contributed by atoms with Crippen LogP contribution < -0.4 is 10.4 Å². The van der Waals surface area contributed by atoms with E-state index in [0.717, 1.165) is 50.1 Å². The summed E-state index contributed by atoms with van der Waals surface area (Å²) >= 11 is 0. The molecule has 118 heavy (non-hydrogen) atoms. The molecular weight excluding hydrogens is 1460 g/mol. The van der Waals surface area contributed by atoms with Gasteiger partial charge in [-0.3, -0.25) is 4.99 Å². The number of hydrogen-bond donors (Lipinski definition) is 1. The molecule has 12 aromatic carbocycles. The molecule has 12 heteroatoms. The van der Waals surface area contributed by atoms with Gasteiger partial charge in [0.25, 0.3) is 0 Å². The second-order valence-electron chi connectivity index (χ2n) is 28.2. The molecule has 0 aromatic heterocycles. The average molecular weight is 1550 g/mol. The first-order chi connectivity index (χ1) is 57.8. The number of carbonyl (C=O) groups excluding carboxylic acids is 5. The Balaban J connectivity index is 0.729. The van der Waals surface area contributed by atoms with Crippen LogP contribution in [0, 0.1) is 47.4 Å². The zero-order valence-corrected chi connectivity index (χ0v) is 65.7. The first kappa shape index (κ1) is 81.2. The molecule has 18 bridgehead atoms. The lowest BCUT2D eigenvalue weighted by Gasteiger charge is -2.25. The average Bonchev–Trinajstić information content (AvgIpc) is 0.765. The van der Waals surface area contributed by atoms with Crippen molar-refractivity contribution in [2.24, 2.45) is 4.99 Å². The van der Waals surface area contributed by atoms with Crippen LogP contribution in [0.3, 0.4) is 0 Å². The van der Waals surface area contributed by atoms with Crippen LogP contribution in [0.15, 0.2) is 320 Å². The van der Waals surface area contributed by atoms with E-state index in [1.807, 2.05) is 182 Å². The van der Waals surface area contributed by atoms with Crippen LogP contribution in [-0.2, 0) is 18.9 Å². The smallest absolute Gasteiger partial charge is 0.338 e. The van der Waals surface area contributed by atoms with Crippen molar-refractivity contribution in [1.29, 1.82) is 0 Å². The topological polar surface area (TPSA) is 170 Å². The number of nitrogens with one attached hydrogen (secondary N) is 1. The maximum atomic E-state index is 13.6. The van der Waals surface area contributed by atoms with Gasteiger partial charge < -0.3 is 34.2 Å². The lowest BCUT2D eigenvalue weighted by atomic mass is 9.86. The van der Waals surface area contributed by atoms with E-state index >= 15 is 0 Å². The number of carboxylic acids is 1. The molecule has 0 fully saturated rings. The predicted octanol–water partition coefficient (Wildman–Crippen LogP) is 20.8. The van der Waals surface area contributed by atoms with E-state index in [1.165, 1.54) is 0 Å². The van der Waals surface area contributed by atoms with Crippen molar-refractivity contribution in [3.05, 3.63) is 405 Å². The van der Waals surface area contributed by atoms with Gasteiger partial charge >= 0.3 is 23.9 Å². The molecule has 8 heterocycles. The third kappa shape index (κ3) is 22.6. The lowest BCUT2D eigenvalue weighted by molar-refractivity contribution is -0.254. The van der Waals surface area contributed by atoms with Crippen molar-refractivity contribution in [2.45, 2.75) is 77.3 Å². The van der Waals surface area contributed by atoms with E-state index in [-0.39, 0.29) is 44.1 Å². The number of esters is 4. The Labute approximate surface area is 690 Å². The van der Waals surface area contributed by atoms with Crippen LogP contribution in [0.4, 0.5) is 0 Å². The molecule has 2 atom stereocenters. The summed E-state index contributed by atoms with van der Waals surface area (Å²) in [5.41, 5.74) is 15.9. The quantitative estimate of drug-likeness (QED) is 0.0402. The van der Waals surface area contributed by atoms with E-state index in [0.29, 0.717) is 135 Å². The molecule has 8 aliphatic rings. The van der Waals surface area contributed by atoms with Gasteiger partial charge in [-0.2, -0.15) is 0 Å². The summed E-state index contributed by atoms with van der Waals surface area (Å²) in [6.07, 6.45) is 13.4. The number of rotatable bonds is 7. The molecule has 0 radical (unpaired) electrons. The van der Waals surface area contributed by atoms with E-state index in [1.54, 1.807) is 78.9 Å². The van der Waals surface area contributed by atoms with Crippen molar-refractivity contribution in [3.63, 3.8) is 0 Å². The van der Waals surface area contributed by atoms with Crippen molar-refractivity contribution in [1.82, 2.24) is 5.32 Å². The van der Waals surface area contributed by atoms with Crippen molar-refractivity contribution in [3.8, 4) is 91.9 Å². The Morgan fingerprint density at radius 1 is 0.331 bits per heavy atom. The summed E-state index contributed by atoms with van der Waals surface area (Å²) in [7, 11) is 0. The van der Waals surface area contributed by atoms with Gasteiger partial charge in [0, 0.05) is 67.2 Å². The normalized spacial score (nSPS) is 14.5. The van der Waals surface area contributed by atoms with Gasteiger partial charge in [-0.1, -0.05) is 248 Å². The number of hydrogen-bond acceptors (Lipinski definition) is 11. The third-order valence-corrected chi connectivity index (χ3v) is 19.7. The molecule has 0 aliphatic carbocycles. The monoisotopic (exact) mass is 1550 g/mol. The number of amidine groups is 1. The maximum absolute atomic E-state index is 13.6. The molecule has 0 saturated heterocycles. The minimum absolute atomic E-state index is 0.0415. The highest BCUT2D eigenvalue weighted by Crippen LogP contribution is 2.38. The highest BCUT2D eigenvalue weighted by Gasteiger charge is 2.25. The fourth-order valence-corrected chi connectivity index (χ4v) is 13.5. The minimum atomic E-state index is -1.32. The fourth-order valence-electron chi connectivity index (χ4n) is 13.5. The van der Waals surface area contributed by atoms with Crippen LogP contribution in [0.25, 0.3) is 44.5 Å². The zero-order valence-electron chi connectivity index (χ0n) is 65.7. The van der Waals surface area contributed by atoms with Crippen molar-refractivity contribution < 1.29 is 48.0 Å². The number of carbonyl (C=O) groups is 5. The molecule has 12 aromatic rings. The number of allylic oxidation sites excluding steroid dienone is 4. The fraction of sp³-hybridized carbons (Fsp3) is 0.151. The highest BCUT2D eigenvalue weighted by molar-refractivity contribution is 6.11. The number of benzene rings is 12. The van der Waals surface area contributed by atoms with E-state index in [9.17, 15) is 29.1 Å². The molecule has 580 valence electrons. The molecular formula is C106H85N2O10-. The number of ether oxygens (including phenoxy) is 4. The molecule has 12 nitrogen and oxygen atoms in total. The van der Waals surface area contributed by atoms with Gasteiger partial charge in [-0.15, -0.1) is 0 Å². The number of carboxylic acid groups (broad SMARTS) is 1. The van der Waals surface area contributed by atoms with Gasteiger partial charge in [0.15, 0.2) is 0 Å². The summed E-state index contributed by atoms with van der Waals surface area (Å²) in [5.74, 6) is 23.7. The first-order valence-corrected chi connectivity index (χ1v) is 39.6. The Kier molecular flexibility index (Phi) is 28.4. The number of nitrogens with zero attached hydrogens (tertiary/aromatic N) is 1. The van der Waals surface area contributed by atoms with Gasteiger partial charge in [0.05, 0.1) is 60.7 Å². The van der Waals surface area contributed by atoms with Crippen LogP contribution in [0.5, 0.6) is 0 Å². The number of aromatic carboxylic acids is 1. The van der Waals surface area contributed by atoms with Gasteiger partial charge in [-0.25, -0.2) is 19.2 Å². The Morgan fingerprint density at radius 3 is 1.03 bits per heavy atom. The maximum Gasteiger partial charge on any atom is 0.338 e. The molecule has 1 N–H and O–H groups in total. The molecule has 20 rings (SSSR count). The molecule has 0 saturated carbocycles. The van der Waals surface area contributed by atoms with Gasteiger partial charge in [-0.05, 0) is 231 Å². The Bertz CT molecular complexity index is 5960. The summed E-state index contributed by atoms with van der Waals surface area (Å²) in [4.78, 5) is 71.8. The van der Waals surface area contributed by atoms with E-state index in [4.69, 9.17) is 23.9 Å². The SMILES string of the molecule is C[C@@H](N=C(N[C@H](C)c1ccccc1)c1c2ccc(c1-c1ccccc1)C#Cc1cccc(c1)C(=O)OCCC/C=C\CCCOC(=O)c1cccc(c1)C#Cc1ccc(cc1)-c1cccc(c1C(=O)[O-])-c1ccc(cc1)C#Cc1cccc(c1)C(=O)OCCC/C=C\CCCOC(=O)c1cccc(c1)C#Cc1ccc-2cc1)c1ccccc1. The van der Waals surface area contributed by atoms with E-state index in [2.05, 4.69) is 121 Å². The number of aliphatic imine (C=N–C) groups is 1. The largest absolute Gasteiger partial charge is 0.545 e. The van der Waals surface area contributed by atoms with Crippen LogP contribution in [0.2, 0.25) is 0 Å².